The Kier molecular flexibility index (Phi) is 4.26. The summed E-state index contributed by atoms with van der Waals surface area (Å²) in [5, 5.41) is 4.02. The third kappa shape index (κ3) is 3.47. The van der Waals surface area contributed by atoms with Crippen molar-refractivity contribution in [1.29, 1.82) is 0 Å². The predicted molar refractivity (Wildman–Crippen MR) is 101 cm³/mol. The molecule has 1 aliphatic rings. The van der Waals surface area contributed by atoms with E-state index in [1.165, 1.54) is 5.56 Å². The highest BCUT2D eigenvalue weighted by Gasteiger charge is 2.36. The van der Waals surface area contributed by atoms with E-state index < -0.39 is 0 Å². The Morgan fingerprint density at radius 2 is 1.89 bits per heavy atom. The molecule has 27 heavy (non-hydrogen) atoms. The monoisotopic (exact) mass is 362 g/mol. The Hall–Kier alpha value is -3.02. The zero-order chi connectivity index (χ0) is 19.0. The van der Waals surface area contributed by atoms with Gasteiger partial charge in [0, 0.05) is 36.6 Å². The Labute approximate surface area is 158 Å². The Balaban J connectivity index is 1.39. The molecule has 0 bridgehead atoms. The number of rotatable bonds is 3. The van der Waals surface area contributed by atoms with Crippen LogP contribution in [-0.2, 0) is 5.41 Å². The highest BCUT2D eigenvalue weighted by molar-refractivity contribution is 5.94. The van der Waals surface area contributed by atoms with Crippen LogP contribution >= 0.6 is 0 Å². The molecule has 6 nitrogen and oxygen atoms in total. The van der Waals surface area contributed by atoms with Crippen molar-refractivity contribution in [3.8, 4) is 11.4 Å². The van der Waals surface area contributed by atoms with Crippen LogP contribution in [-0.4, -0.2) is 39.0 Å². The van der Waals surface area contributed by atoms with Crippen molar-refractivity contribution in [3.05, 3.63) is 65.8 Å². The summed E-state index contributed by atoms with van der Waals surface area (Å²) in [4.78, 5) is 23.0. The largest absolute Gasteiger partial charge is 0.339 e. The number of nitrogens with zero attached hydrogens (tertiary/aromatic N) is 4. The van der Waals surface area contributed by atoms with E-state index in [2.05, 4.69) is 35.9 Å². The van der Waals surface area contributed by atoms with Crippen LogP contribution in [0.1, 0.15) is 48.5 Å². The SMILES string of the molecule is CC(C)(C)c1ccc(C(=O)N2CC(c3nc(-c4cccnc4)no3)C2)cc1. The molecule has 0 atom stereocenters. The fraction of sp³-hybridized carbons (Fsp3) is 0.333. The lowest BCUT2D eigenvalue weighted by Crippen LogP contribution is -2.48. The summed E-state index contributed by atoms with van der Waals surface area (Å²) < 4.78 is 5.38. The fourth-order valence-electron chi connectivity index (χ4n) is 3.11. The van der Waals surface area contributed by atoms with Gasteiger partial charge in [-0.15, -0.1) is 0 Å². The molecular formula is C21H22N4O2. The Bertz CT molecular complexity index is 936. The molecule has 1 saturated heterocycles. The number of aromatic nitrogens is 3. The van der Waals surface area contributed by atoms with E-state index in [9.17, 15) is 4.79 Å². The lowest BCUT2D eigenvalue weighted by atomic mass is 9.86. The van der Waals surface area contributed by atoms with Crippen molar-refractivity contribution >= 4 is 5.91 Å². The van der Waals surface area contributed by atoms with Crippen LogP contribution in [0.3, 0.4) is 0 Å². The van der Waals surface area contributed by atoms with Crippen molar-refractivity contribution in [1.82, 2.24) is 20.0 Å². The molecule has 3 heterocycles. The van der Waals surface area contributed by atoms with E-state index in [-0.39, 0.29) is 17.2 Å². The summed E-state index contributed by atoms with van der Waals surface area (Å²) in [7, 11) is 0. The van der Waals surface area contributed by atoms with Crippen LogP contribution in [0.15, 0.2) is 53.3 Å². The Morgan fingerprint density at radius 1 is 1.15 bits per heavy atom. The predicted octanol–water partition coefficient (Wildman–Crippen LogP) is 3.67. The van der Waals surface area contributed by atoms with Gasteiger partial charge in [0.15, 0.2) is 0 Å². The van der Waals surface area contributed by atoms with Crippen LogP contribution < -0.4 is 0 Å². The first-order valence-corrected chi connectivity index (χ1v) is 9.05. The average Bonchev–Trinajstić information content (AvgIpc) is 3.10. The van der Waals surface area contributed by atoms with E-state index in [0.717, 1.165) is 5.56 Å². The molecule has 1 fully saturated rings. The summed E-state index contributed by atoms with van der Waals surface area (Å²) in [6.45, 7) is 7.67. The number of carbonyl (C=O) groups is 1. The van der Waals surface area contributed by atoms with E-state index in [1.54, 1.807) is 12.4 Å². The van der Waals surface area contributed by atoms with Crippen molar-refractivity contribution < 1.29 is 9.32 Å². The molecule has 0 spiro atoms. The standard InChI is InChI=1S/C21H22N4O2/c1-21(2,3)17-8-6-14(7-9-17)20(26)25-12-16(13-25)19-23-18(24-27-19)15-5-4-10-22-11-15/h4-11,16H,12-13H2,1-3H3. The minimum absolute atomic E-state index is 0.0405. The maximum atomic E-state index is 12.6. The summed E-state index contributed by atoms with van der Waals surface area (Å²) >= 11 is 0. The molecule has 1 aliphatic heterocycles. The van der Waals surface area contributed by atoms with Crippen molar-refractivity contribution in [2.75, 3.05) is 13.1 Å². The van der Waals surface area contributed by atoms with E-state index in [0.29, 0.717) is 30.4 Å². The number of carbonyl (C=O) groups excluding carboxylic acids is 1. The van der Waals surface area contributed by atoms with Gasteiger partial charge >= 0.3 is 0 Å². The van der Waals surface area contributed by atoms with Gasteiger partial charge in [-0.1, -0.05) is 38.1 Å². The first-order chi connectivity index (χ1) is 12.9. The molecule has 1 amide bonds. The quantitative estimate of drug-likeness (QED) is 0.711. The zero-order valence-electron chi connectivity index (χ0n) is 15.7. The summed E-state index contributed by atoms with van der Waals surface area (Å²) in [5.74, 6) is 1.22. The first kappa shape index (κ1) is 17.4. The lowest BCUT2D eigenvalue weighted by molar-refractivity contribution is 0.0569. The van der Waals surface area contributed by atoms with Crippen LogP contribution in [0.5, 0.6) is 0 Å². The number of hydrogen-bond acceptors (Lipinski definition) is 5. The van der Waals surface area contributed by atoms with Gasteiger partial charge in [-0.05, 0) is 35.2 Å². The number of pyridine rings is 1. The molecule has 4 rings (SSSR count). The van der Waals surface area contributed by atoms with Gasteiger partial charge < -0.3 is 9.42 Å². The number of amides is 1. The first-order valence-electron chi connectivity index (χ1n) is 9.05. The molecule has 0 unspecified atom stereocenters. The molecule has 0 saturated carbocycles. The Morgan fingerprint density at radius 3 is 2.52 bits per heavy atom. The normalized spacial score (nSPS) is 14.9. The molecule has 0 radical (unpaired) electrons. The highest BCUT2D eigenvalue weighted by Crippen LogP contribution is 2.29. The average molecular weight is 362 g/mol. The number of likely N-dealkylation sites (tertiary alicyclic amines) is 1. The van der Waals surface area contributed by atoms with Gasteiger partial charge in [0.1, 0.15) is 0 Å². The third-order valence-electron chi connectivity index (χ3n) is 4.88. The van der Waals surface area contributed by atoms with Gasteiger partial charge in [0.2, 0.25) is 11.7 Å². The number of hydrogen-bond donors (Lipinski definition) is 0. The van der Waals surface area contributed by atoms with Crippen molar-refractivity contribution in [2.24, 2.45) is 0 Å². The second-order valence-corrected chi connectivity index (χ2v) is 7.93. The zero-order valence-corrected chi connectivity index (χ0v) is 15.7. The van der Waals surface area contributed by atoms with E-state index >= 15 is 0 Å². The summed E-state index contributed by atoms with van der Waals surface area (Å²) in [6, 6.07) is 11.6. The number of benzene rings is 1. The van der Waals surface area contributed by atoms with Gasteiger partial charge in [0.25, 0.3) is 5.91 Å². The van der Waals surface area contributed by atoms with E-state index in [4.69, 9.17) is 4.52 Å². The highest BCUT2D eigenvalue weighted by atomic mass is 16.5. The maximum Gasteiger partial charge on any atom is 0.253 e. The lowest BCUT2D eigenvalue weighted by Gasteiger charge is -2.37. The second kappa shape index (κ2) is 6.61. The minimum Gasteiger partial charge on any atom is -0.339 e. The topological polar surface area (TPSA) is 72.1 Å². The summed E-state index contributed by atoms with van der Waals surface area (Å²) in [5.41, 5.74) is 2.82. The maximum absolute atomic E-state index is 12.6. The fourth-order valence-corrected chi connectivity index (χ4v) is 3.11. The molecule has 0 N–H and O–H groups in total. The minimum atomic E-state index is 0.0405. The van der Waals surface area contributed by atoms with Crippen LogP contribution in [0.4, 0.5) is 0 Å². The summed E-state index contributed by atoms with van der Waals surface area (Å²) in [6.07, 6.45) is 3.40. The van der Waals surface area contributed by atoms with E-state index in [1.807, 2.05) is 41.3 Å². The molecule has 6 heteroatoms. The van der Waals surface area contributed by atoms with Gasteiger partial charge in [-0.25, -0.2) is 0 Å². The smallest absolute Gasteiger partial charge is 0.253 e. The van der Waals surface area contributed by atoms with Crippen LogP contribution in [0.25, 0.3) is 11.4 Å². The second-order valence-electron chi connectivity index (χ2n) is 7.93. The van der Waals surface area contributed by atoms with Crippen molar-refractivity contribution in [3.63, 3.8) is 0 Å². The van der Waals surface area contributed by atoms with Gasteiger partial charge in [-0.3, -0.25) is 9.78 Å². The molecule has 2 aromatic heterocycles. The van der Waals surface area contributed by atoms with Gasteiger partial charge in [-0.2, -0.15) is 4.98 Å². The molecule has 138 valence electrons. The molecule has 0 aliphatic carbocycles. The van der Waals surface area contributed by atoms with Crippen molar-refractivity contribution in [2.45, 2.75) is 32.1 Å². The molecule has 1 aromatic carbocycles. The van der Waals surface area contributed by atoms with Crippen LogP contribution in [0, 0.1) is 0 Å². The molecular weight excluding hydrogens is 340 g/mol. The third-order valence-corrected chi connectivity index (χ3v) is 4.88. The van der Waals surface area contributed by atoms with Gasteiger partial charge in [0.05, 0.1) is 5.92 Å². The van der Waals surface area contributed by atoms with Crippen LogP contribution in [0.2, 0.25) is 0 Å². The molecule has 3 aromatic rings.